The van der Waals surface area contributed by atoms with Crippen LogP contribution in [0.5, 0.6) is 0 Å². The SMILES string of the molecule is CCCCCCCCCC(=O)Nc1ncc(CCCCCc2cn(CCNC(=O)c3ccc(CCCCC)cc3)nn2)[nH]1. The van der Waals surface area contributed by atoms with E-state index >= 15 is 0 Å². The minimum atomic E-state index is -0.0595. The van der Waals surface area contributed by atoms with E-state index in [4.69, 9.17) is 0 Å². The Morgan fingerprint density at radius 3 is 2.28 bits per heavy atom. The van der Waals surface area contributed by atoms with E-state index in [1.54, 1.807) is 4.68 Å². The summed E-state index contributed by atoms with van der Waals surface area (Å²) in [6.45, 7) is 5.53. The van der Waals surface area contributed by atoms with Crippen molar-refractivity contribution in [3.05, 3.63) is 59.2 Å². The van der Waals surface area contributed by atoms with Gasteiger partial charge in [-0.15, -0.1) is 5.10 Å². The number of H-pyrrole nitrogens is 1. The highest BCUT2D eigenvalue weighted by molar-refractivity contribution is 5.94. The Morgan fingerprint density at radius 2 is 1.49 bits per heavy atom. The first-order chi connectivity index (χ1) is 21.1. The first-order valence-electron chi connectivity index (χ1n) is 16.7. The minimum Gasteiger partial charge on any atom is -0.350 e. The second-order valence-corrected chi connectivity index (χ2v) is 11.6. The summed E-state index contributed by atoms with van der Waals surface area (Å²) in [5, 5.41) is 14.4. The molecule has 3 aromatic rings. The summed E-state index contributed by atoms with van der Waals surface area (Å²) in [6, 6.07) is 7.93. The number of hydrogen-bond acceptors (Lipinski definition) is 5. The number of rotatable bonds is 23. The van der Waals surface area contributed by atoms with E-state index < -0.39 is 0 Å². The Hall–Kier alpha value is -3.49. The Labute approximate surface area is 258 Å². The van der Waals surface area contributed by atoms with Crippen molar-refractivity contribution in [1.82, 2.24) is 30.3 Å². The number of amides is 2. The summed E-state index contributed by atoms with van der Waals surface area (Å²) >= 11 is 0. The van der Waals surface area contributed by atoms with Crippen molar-refractivity contribution < 1.29 is 9.59 Å². The molecular weight excluding hydrogens is 538 g/mol. The highest BCUT2D eigenvalue weighted by Crippen LogP contribution is 2.12. The van der Waals surface area contributed by atoms with Gasteiger partial charge in [-0.3, -0.25) is 19.6 Å². The van der Waals surface area contributed by atoms with Crippen LogP contribution in [-0.2, 0) is 30.6 Å². The van der Waals surface area contributed by atoms with Crippen molar-refractivity contribution in [3.8, 4) is 0 Å². The lowest BCUT2D eigenvalue weighted by Crippen LogP contribution is -2.27. The van der Waals surface area contributed by atoms with Gasteiger partial charge in [-0.25, -0.2) is 4.98 Å². The number of benzene rings is 1. The van der Waals surface area contributed by atoms with Crippen LogP contribution < -0.4 is 10.6 Å². The fourth-order valence-electron chi connectivity index (χ4n) is 5.14. The molecule has 2 amide bonds. The molecular formula is C34H53N7O2. The molecule has 0 aliphatic carbocycles. The number of unbranched alkanes of at least 4 members (excludes halogenated alkanes) is 10. The predicted molar refractivity (Wildman–Crippen MR) is 173 cm³/mol. The largest absolute Gasteiger partial charge is 0.350 e. The number of nitrogens with one attached hydrogen (secondary N) is 3. The van der Waals surface area contributed by atoms with Crippen molar-refractivity contribution in [2.45, 2.75) is 130 Å². The van der Waals surface area contributed by atoms with Crippen LogP contribution in [0.15, 0.2) is 36.7 Å². The molecule has 0 atom stereocenters. The molecule has 0 fully saturated rings. The molecule has 3 rings (SSSR count). The van der Waals surface area contributed by atoms with Crippen LogP contribution in [-0.4, -0.2) is 43.3 Å². The molecule has 0 spiro atoms. The second kappa shape index (κ2) is 20.4. The van der Waals surface area contributed by atoms with Gasteiger partial charge in [-0.1, -0.05) is 89.0 Å². The maximum absolute atomic E-state index is 12.5. The van der Waals surface area contributed by atoms with Crippen molar-refractivity contribution in [1.29, 1.82) is 0 Å². The molecule has 1 aromatic carbocycles. The molecule has 9 heteroatoms. The number of aromatic nitrogens is 5. The first kappa shape index (κ1) is 34.0. The third-order valence-electron chi connectivity index (χ3n) is 7.77. The zero-order valence-electron chi connectivity index (χ0n) is 26.5. The molecule has 3 N–H and O–H groups in total. The summed E-state index contributed by atoms with van der Waals surface area (Å²) in [5.74, 6) is 0.523. The molecule has 2 aromatic heterocycles. The minimum absolute atomic E-state index is 0.0349. The molecule has 0 bridgehead atoms. The first-order valence-corrected chi connectivity index (χ1v) is 16.7. The number of carbonyl (C=O) groups is 2. The van der Waals surface area contributed by atoms with Crippen LogP contribution in [0, 0.1) is 0 Å². The van der Waals surface area contributed by atoms with E-state index in [1.165, 1.54) is 56.9 Å². The average molecular weight is 592 g/mol. The Balaban J connectivity index is 1.22. The van der Waals surface area contributed by atoms with E-state index in [1.807, 2.05) is 24.5 Å². The standard InChI is InChI=1S/C34H53N7O2/c1-3-5-7-8-9-10-15-19-32(42)38-34-36-26-30(37-34)17-13-11-14-18-31-27-41(40-39-31)25-24-35-33(43)29-22-20-28(21-23-29)16-12-6-4-2/h20-23,26-27H,3-19,24-25H2,1-2H3,(H,35,43)(H2,36,37,38,42). The van der Waals surface area contributed by atoms with E-state index in [2.05, 4.69) is 56.9 Å². The molecule has 236 valence electrons. The van der Waals surface area contributed by atoms with Gasteiger partial charge >= 0.3 is 0 Å². The fraction of sp³-hybridized carbons (Fsp3) is 0.618. The van der Waals surface area contributed by atoms with Gasteiger partial charge in [0.15, 0.2) is 0 Å². The van der Waals surface area contributed by atoms with Gasteiger partial charge in [-0.2, -0.15) is 0 Å². The van der Waals surface area contributed by atoms with Crippen LogP contribution in [0.1, 0.15) is 131 Å². The number of aromatic amines is 1. The van der Waals surface area contributed by atoms with Gasteiger partial charge in [0.2, 0.25) is 11.9 Å². The highest BCUT2D eigenvalue weighted by Gasteiger charge is 2.08. The van der Waals surface area contributed by atoms with Gasteiger partial charge in [0, 0.05) is 30.4 Å². The van der Waals surface area contributed by atoms with E-state index in [0.29, 0.717) is 31.0 Å². The van der Waals surface area contributed by atoms with Gasteiger partial charge in [-0.05, 0) is 62.6 Å². The molecule has 0 saturated heterocycles. The van der Waals surface area contributed by atoms with Crippen LogP contribution in [0.3, 0.4) is 0 Å². The molecule has 0 saturated carbocycles. The second-order valence-electron chi connectivity index (χ2n) is 11.6. The van der Waals surface area contributed by atoms with Gasteiger partial charge in [0.1, 0.15) is 0 Å². The smallest absolute Gasteiger partial charge is 0.251 e. The number of anilines is 1. The number of hydrogen-bond donors (Lipinski definition) is 3. The Morgan fingerprint density at radius 1 is 0.814 bits per heavy atom. The monoisotopic (exact) mass is 591 g/mol. The van der Waals surface area contributed by atoms with Crippen molar-refractivity contribution >= 4 is 17.8 Å². The van der Waals surface area contributed by atoms with E-state index in [0.717, 1.165) is 62.8 Å². The topological polar surface area (TPSA) is 118 Å². The Kier molecular flexibility index (Phi) is 16.1. The van der Waals surface area contributed by atoms with Gasteiger partial charge < -0.3 is 10.3 Å². The molecule has 0 radical (unpaired) electrons. The summed E-state index contributed by atoms with van der Waals surface area (Å²) in [5.41, 5.74) is 3.98. The van der Waals surface area contributed by atoms with Crippen LogP contribution in [0.2, 0.25) is 0 Å². The maximum atomic E-state index is 12.5. The number of nitrogens with zero attached hydrogens (tertiary/aromatic N) is 4. The third kappa shape index (κ3) is 14.0. The predicted octanol–water partition coefficient (Wildman–Crippen LogP) is 7.20. The molecule has 2 heterocycles. The third-order valence-corrected chi connectivity index (χ3v) is 7.77. The fourth-order valence-corrected chi connectivity index (χ4v) is 5.14. The van der Waals surface area contributed by atoms with Crippen molar-refractivity contribution in [3.63, 3.8) is 0 Å². The van der Waals surface area contributed by atoms with Crippen molar-refractivity contribution in [2.24, 2.45) is 0 Å². The van der Waals surface area contributed by atoms with Crippen LogP contribution in [0.25, 0.3) is 0 Å². The van der Waals surface area contributed by atoms with Gasteiger partial charge in [0.05, 0.1) is 18.4 Å². The average Bonchev–Trinajstić information content (AvgIpc) is 3.66. The molecule has 0 aliphatic rings. The summed E-state index contributed by atoms with van der Waals surface area (Å²) in [4.78, 5) is 32.2. The molecule has 0 aliphatic heterocycles. The van der Waals surface area contributed by atoms with Gasteiger partial charge in [0.25, 0.3) is 5.91 Å². The van der Waals surface area contributed by atoms with Crippen LogP contribution >= 0.6 is 0 Å². The quantitative estimate of drug-likeness (QED) is 0.101. The maximum Gasteiger partial charge on any atom is 0.251 e. The summed E-state index contributed by atoms with van der Waals surface area (Å²) < 4.78 is 1.79. The number of carbonyl (C=O) groups excluding carboxylic acids is 2. The van der Waals surface area contributed by atoms with Crippen LogP contribution in [0.4, 0.5) is 5.95 Å². The Bertz CT molecular complexity index is 1190. The van der Waals surface area contributed by atoms with Crippen molar-refractivity contribution in [2.75, 3.05) is 11.9 Å². The lowest BCUT2D eigenvalue weighted by molar-refractivity contribution is -0.116. The molecule has 43 heavy (non-hydrogen) atoms. The zero-order valence-corrected chi connectivity index (χ0v) is 26.5. The zero-order chi connectivity index (χ0) is 30.5. The summed E-state index contributed by atoms with van der Waals surface area (Å²) in [7, 11) is 0. The summed E-state index contributed by atoms with van der Waals surface area (Å²) in [6.07, 6.45) is 22.4. The van der Waals surface area contributed by atoms with E-state index in [-0.39, 0.29) is 11.8 Å². The number of imidazole rings is 1. The molecule has 9 nitrogen and oxygen atoms in total. The number of aryl methyl sites for hydroxylation is 3. The molecule has 0 unspecified atom stereocenters. The lowest BCUT2D eigenvalue weighted by atomic mass is 10.1. The lowest BCUT2D eigenvalue weighted by Gasteiger charge is -2.06. The van der Waals surface area contributed by atoms with E-state index in [9.17, 15) is 9.59 Å². The highest BCUT2D eigenvalue weighted by atomic mass is 16.2. The normalized spacial score (nSPS) is 11.1.